The molecule has 0 aliphatic rings. The minimum absolute atomic E-state index is 0.136. The van der Waals surface area contributed by atoms with Gasteiger partial charge in [0.15, 0.2) is 0 Å². The minimum atomic E-state index is -4.99. The van der Waals surface area contributed by atoms with Crippen LogP contribution in [0.4, 0.5) is 13.2 Å². The molecule has 0 spiro atoms. The second-order valence-corrected chi connectivity index (χ2v) is 7.10. The Labute approximate surface area is 194 Å². The Kier molecular flexibility index (Phi) is 22.1. The van der Waals surface area contributed by atoms with Gasteiger partial charge in [-0.15, -0.1) is 0 Å². The number of carbonyl (C=O) groups excluding carboxylic acids is 1. The summed E-state index contributed by atoms with van der Waals surface area (Å²) in [6.07, 6.45) is -3.93. The molecule has 0 aromatic heterocycles. The van der Waals surface area contributed by atoms with Gasteiger partial charge in [0.2, 0.25) is 0 Å². The molecule has 0 saturated heterocycles. The van der Waals surface area contributed by atoms with Crippen LogP contribution in [0.25, 0.3) is 0 Å². The fraction of sp³-hybridized carbons (Fsp3) is 0.952. The van der Waals surface area contributed by atoms with Crippen molar-refractivity contribution in [2.75, 3.05) is 99.1 Å². The van der Waals surface area contributed by atoms with Gasteiger partial charge in [-0.05, 0) is 12.3 Å². The van der Waals surface area contributed by atoms with Gasteiger partial charge in [-0.3, -0.25) is 0 Å². The van der Waals surface area contributed by atoms with E-state index in [1.807, 2.05) is 0 Å². The van der Waals surface area contributed by atoms with E-state index >= 15 is 0 Å². The molecule has 9 nitrogen and oxygen atoms in total. The Balaban J connectivity index is 3.10. The molecule has 0 aliphatic carbocycles. The summed E-state index contributed by atoms with van der Waals surface area (Å²) in [5, 5.41) is 0. The second-order valence-electron chi connectivity index (χ2n) is 7.10. The van der Waals surface area contributed by atoms with Gasteiger partial charge in [0.25, 0.3) is 0 Å². The van der Waals surface area contributed by atoms with Crippen molar-refractivity contribution in [3.63, 3.8) is 0 Å². The van der Waals surface area contributed by atoms with Crippen LogP contribution in [0.3, 0.4) is 0 Å². The van der Waals surface area contributed by atoms with Crippen LogP contribution in [0, 0.1) is 5.92 Å². The first-order valence-corrected chi connectivity index (χ1v) is 11.1. The Morgan fingerprint density at radius 3 is 1.09 bits per heavy atom. The number of hydrogen-bond acceptors (Lipinski definition) is 9. The first-order chi connectivity index (χ1) is 15.8. The van der Waals surface area contributed by atoms with Crippen LogP contribution in [-0.2, 0) is 42.7 Å². The Morgan fingerprint density at radius 1 is 0.545 bits per heavy atom. The highest BCUT2D eigenvalue weighted by Crippen LogP contribution is 2.16. The van der Waals surface area contributed by atoms with Crippen LogP contribution < -0.4 is 0 Å². The summed E-state index contributed by atoms with van der Waals surface area (Å²) in [6, 6.07) is 0. The van der Waals surface area contributed by atoms with Gasteiger partial charge in [-0.1, -0.05) is 13.8 Å². The van der Waals surface area contributed by atoms with Gasteiger partial charge >= 0.3 is 12.1 Å². The Hall–Kier alpha value is -1.02. The van der Waals surface area contributed by atoms with E-state index in [1.54, 1.807) is 0 Å². The molecule has 0 heterocycles. The van der Waals surface area contributed by atoms with Crippen molar-refractivity contribution in [1.29, 1.82) is 0 Å². The van der Waals surface area contributed by atoms with E-state index in [2.05, 4.69) is 18.6 Å². The highest BCUT2D eigenvalue weighted by atomic mass is 19.4. The van der Waals surface area contributed by atoms with Crippen molar-refractivity contribution in [1.82, 2.24) is 0 Å². The van der Waals surface area contributed by atoms with E-state index in [9.17, 15) is 18.0 Å². The van der Waals surface area contributed by atoms with Gasteiger partial charge in [0, 0.05) is 6.61 Å². The summed E-state index contributed by atoms with van der Waals surface area (Å²) in [4.78, 5) is 10.4. The molecule has 33 heavy (non-hydrogen) atoms. The van der Waals surface area contributed by atoms with Gasteiger partial charge in [0.1, 0.15) is 6.61 Å². The zero-order valence-electron chi connectivity index (χ0n) is 19.7. The number of halogens is 3. The zero-order chi connectivity index (χ0) is 24.6. The SMILES string of the molecule is CC(C)CCOCCOCCOCCOCCOCCOCCOCCOC(=O)C(F)(F)F. The van der Waals surface area contributed by atoms with Crippen LogP contribution >= 0.6 is 0 Å². The Morgan fingerprint density at radius 2 is 0.818 bits per heavy atom. The standard InChI is InChI=1S/C21H39F3O9/c1-19(2)3-4-26-5-6-27-7-8-28-9-10-29-11-12-30-13-14-31-15-16-32-17-18-33-20(25)21(22,23)24/h19H,3-18H2,1-2H3. The average molecular weight is 493 g/mol. The number of hydrogen-bond donors (Lipinski definition) is 0. The van der Waals surface area contributed by atoms with E-state index in [0.717, 1.165) is 13.0 Å². The predicted molar refractivity (Wildman–Crippen MR) is 112 cm³/mol. The number of ether oxygens (including phenoxy) is 8. The van der Waals surface area contributed by atoms with E-state index in [4.69, 9.17) is 33.2 Å². The van der Waals surface area contributed by atoms with Crippen molar-refractivity contribution >= 4 is 5.97 Å². The normalized spacial score (nSPS) is 11.9. The van der Waals surface area contributed by atoms with Crippen LogP contribution in [0.2, 0.25) is 0 Å². The van der Waals surface area contributed by atoms with Gasteiger partial charge in [0.05, 0.1) is 85.9 Å². The number of alkyl halides is 3. The summed E-state index contributed by atoms with van der Waals surface area (Å²) < 4.78 is 76.7. The molecule has 0 aromatic carbocycles. The van der Waals surface area contributed by atoms with E-state index in [1.165, 1.54) is 0 Å². The largest absolute Gasteiger partial charge is 0.490 e. The first kappa shape index (κ1) is 32.0. The molecular formula is C21H39F3O9. The number of esters is 1. The summed E-state index contributed by atoms with van der Waals surface area (Å²) in [7, 11) is 0. The maximum absolute atomic E-state index is 11.9. The molecule has 12 heteroatoms. The lowest BCUT2D eigenvalue weighted by Gasteiger charge is -2.09. The summed E-state index contributed by atoms with van der Waals surface area (Å²) >= 11 is 0. The molecule has 0 fully saturated rings. The topological polar surface area (TPSA) is 90.9 Å². The Bertz CT molecular complexity index is 438. The molecular weight excluding hydrogens is 453 g/mol. The van der Waals surface area contributed by atoms with Gasteiger partial charge in [-0.25, -0.2) is 4.79 Å². The molecule has 0 N–H and O–H groups in total. The lowest BCUT2D eigenvalue weighted by molar-refractivity contribution is -0.200. The van der Waals surface area contributed by atoms with Crippen LogP contribution in [0.5, 0.6) is 0 Å². The predicted octanol–water partition coefficient (Wildman–Crippen LogP) is 2.25. The average Bonchev–Trinajstić information content (AvgIpc) is 2.75. The second kappa shape index (κ2) is 22.8. The summed E-state index contributed by atoms with van der Waals surface area (Å²) in [6.45, 7) is 9.62. The van der Waals surface area contributed by atoms with Crippen LogP contribution in [-0.4, -0.2) is 111 Å². The fourth-order valence-electron chi connectivity index (χ4n) is 2.02. The van der Waals surface area contributed by atoms with Crippen molar-refractivity contribution in [3.05, 3.63) is 0 Å². The lowest BCUT2D eigenvalue weighted by Crippen LogP contribution is -2.26. The van der Waals surface area contributed by atoms with E-state index in [0.29, 0.717) is 72.0 Å². The molecule has 0 radical (unpaired) electrons. The first-order valence-electron chi connectivity index (χ1n) is 11.1. The van der Waals surface area contributed by atoms with Crippen molar-refractivity contribution < 1.29 is 55.9 Å². The van der Waals surface area contributed by atoms with Crippen LogP contribution in [0.15, 0.2) is 0 Å². The highest BCUT2D eigenvalue weighted by Gasteiger charge is 2.40. The third-order valence-corrected chi connectivity index (χ3v) is 3.76. The maximum Gasteiger partial charge on any atom is 0.490 e. The molecule has 198 valence electrons. The molecule has 0 bridgehead atoms. The third-order valence-electron chi connectivity index (χ3n) is 3.76. The molecule has 0 saturated carbocycles. The van der Waals surface area contributed by atoms with Crippen molar-refractivity contribution in [2.24, 2.45) is 5.92 Å². The monoisotopic (exact) mass is 492 g/mol. The third kappa shape index (κ3) is 25.4. The smallest absolute Gasteiger partial charge is 0.457 e. The quantitative estimate of drug-likeness (QED) is 0.149. The number of carbonyl (C=O) groups is 1. The number of rotatable bonds is 24. The molecule has 0 rings (SSSR count). The maximum atomic E-state index is 11.9. The summed E-state index contributed by atoms with van der Waals surface area (Å²) in [5.41, 5.74) is 0. The molecule has 0 amide bonds. The zero-order valence-corrected chi connectivity index (χ0v) is 19.7. The lowest BCUT2D eigenvalue weighted by atomic mass is 10.1. The molecule has 0 unspecified atom stereocenters. The minimum Gasteiger partial charge on any atom is -0.457 e. The van der Waals surface area contributed by atoms with E-state index in [-0.39, 0.29) is 19.8 Å². The van der Waals surface area contributed by atoms with Crippen LogP contribution in [0.1, 0.15) is 20.3 Å². The van der Waals surface area contributed by atoms with Crippen molar-refractivity contribution in [3.8, 4) is 0 Å². The molecule has 0 aromatic rings. The van der Waals surface area contributed by atoms with Gasteiger partial charge in [-0.2, -0.15) is 13.2 Å². The highest BCUT2D eigenvalue weighted by molar-refractivity contribution is 5.75. The summed E-state index contributed by atoms with van der Waals surface area (Å²) in [5.74, 6) is -1.58. The van der Waals surface area contributed by atoms with Gasteiger partial charge < -0.3 is 37.9 Å². The van der Waals surface area contributed by atoms with E-state index < -0.39 is 18.8 Å². The fourth-order valence-corrected chi connectivity index (χ4v) is 2.02. The molecule has 0 aliphatic heterocycles. The molecule has 0 atom stereocenters. The van der Waals surface area contributed by atoms with Crippen molar-refractivity contribution in [2.45, 2.75) is 26.4 Å².